The molecule has 0 fully saturated rings. The zero-order chi connectivity index (χ0) is 21.2. The van der Waals surface area contributed by atoms with Crippen LogP contribution >= 0.6 is 0 Å². The van der Waals surface area contributed by atoms with Crippen LogP contribution in [0.5, 0.6) is 11.5 Å². The average molecular weight is 405 g/mol. The molecule has 0 aliphatic rings. The molecule has 1 heterocycles. The minimum Gasteiger partial charge on any atom is -0.496 e. The van der Waals surface area contributed by atoms with Crippen LogP contribution in [-0.4, -0.2) is 29.3 Å². The van der Waals surface area contributed by atoms with Crippen molar-refractivity contribution in [3.8, 4) is 11.5 Å². The quantitative estimate of drug-likeness (QED) is 0.409. The number of carbonyl (C=O) groups is 1. The van der Waals surface area contributed by atoms with Gasteiger partial charge in [-0.2, -0.15) is 5.10 Å². The highest BCUT2D eigenvalue weighted by molar-refractivity contribution is 5.91. The molecule has 6 nitrogen and oxygen atoms in total. The van der Waals surface area contributed by atoms with Crippen molar-refractivity contribution in [3.05, 3.63) is 83.7 Å². The summed E-state index contributed by atoms with van der Waals surface area (Å²) in [5.41, 5.74) is 2.91. The highest BCUT2D eigenvalue weighted by atomic mass is 16.5. The molecule has 0 aliphatic heterocycles. The van der Waals surface area contributed by atoms with Gasteiger partial charge < -0.3 is 14.8 Å². The second kappa shape index (κ2) is 10.9. The lowest BCUT2D eigenvalue weighted by atomic mass is 10.1. The molecular formula is C24H27N3O3. The SMILES string of the molecule is COc1ccc(/C=C/C(=O)NCCCn2cccn2)cc1COc1ccccc1C. The average Bonchev–Trinajstić information content (AvgIpc) is 3.28. The van der Waals surface area contributed by atoms with E-state index in [0.717, 1.165) is 41.2 Å². The van der Waals surface area contributed by atoms with E-state index >= 15 is 0 Å². The lowest BCUT2D eigenvalue weighted by Crippen LogP contribution is -2.23. The summed E-state index contributed by atoms with van der Waals surface area (Å²) in [5.74, 6) is 1.47. The summed E-state index contributed by atoms with van der Waals surface area (Å²) in [6.45, 7) is 3.77. The van der Waals surface area contributed by atoms with Gasteiger partial charge in [0.2, 0.25) is 5.91 Å². The van der Waals surface area contributed by atoms with Gasteiger partial charge in [0.1, 0.15) is 18.1 Å². The molecule has 1 amide bonds. The highest BCUT2D eigenvalue weighted by Gasteiger charge is 2.06. The molecule has 0 saturated carbocycles. The van der Waals surface area contributed by atoms with Crippen molar-refractivity contribution in [2.75, 3.05) is 13.7 Å². The lowest BCUT2D eigenvalue weighted by Gasteiger charge is -2.12. The minimum atomic E-state index is -0.121. The second-order valence-corrected chi connectivity index (χ2v) is 6.87. The first-order valence-corrected chi connectivity index (χ1v) is 9.94. The van der Waals surface area contributed by atoms with Crippen LogP contribution in [-0.2, 0) is 17.9 Å². The van der Waals surface area contributed by atoms with Crippen LogP contribution in [0.3, 0.4) is 0 Å². The summed E-state index contributed by atoms with van der Waals surface area (Å²) in [6.07, 6.45) is 7.81. The minimum absolute atomic E-state index is 0.121. The van der Waals surface area contributed by atoms with Crippen molar-refractivity contribution >= 4 is 12.0 Å². The topological polar surface area (TPSA) is 65.4 Å². The van der Waals surface area contributed by atoms with Crippen LogP contribution in [0.1, 0.15) is 23.1 Å². The predicted octanol–water partition coefficient (Wildman–Crippen LogP) is 4.00. The maximum Gasteiger partial charge on any atom is 0.244 e. The molecule has 0 bridgehead atoms. The Balaban J connectivity index is 1.54. The molecule has 0 aliphatic carbocycles. The third kappa shape index (κ3) is 6.24. The number of hydrogen-bond acceptors (Lipinski definition) is 4. The predicted molar refractivity (Wildman–Crippen MR) is 117 cm³/mol. The monoisotopic (exact) mass is 405 g/mol. The number of benzene rings is 2. The lowest BCUT2D eigenvalue weighted by molar-refractivity contribution is -0.116. The number of nitrogens with zero attached hydrogens (tertiary/aromatic N) is 2. The number of ether oxygens (including phenoxy) is 2. The third-order valence-corrected chi connectivity index (χ3v) is 4.63. The second-order valence-electron chi connectivity index (χ2n) is 6.87. The van der Waals surface area contributed by atoms with Gasteiger partial charge >= 0.3 is 0 Å². The molecule has 0 unspecified atom stereocenters. The molecule has 0 spiro atoms. The number of nitrogens with one attached hydrogen (secondary N) is 1. The number of hydrogen-bond donors (Lipinski definition) is 1. The van der Waals surface area contributed by atoms with Gasteiger partial charge in [-0.15, -0.1) is 0 Å². The van der Waals surface area contributed by atoms with Crippen molar-refractivity contribution in [2.45, 2.75) is 26.5 Å². The van der Waals surface area contributed by atoms with Crippen molar-refractivity contribution in [3.63, 3.8) is 0 Å². The number of amides is 1. The summed E-state index contributed by atoms with van der Waals surface area (Å²) in [5, 5.41) is 7.03. The molecule has 30 heavy (non-hydrogen) atoms. The zero-order valence-electron chi connectivity index (χ0n) is 17.4. The zero-order valence-corrected chi connectivity index (χ0v) is 17.4. The van der Waals surface area contributed by atoms with Crippen LogP contribution < -0.4 is 14.8 Å². The first-order chi connectivity index (χ1) is 14.7. The Morgan fingerprint density at radius 1 is 1.17 bits per heavy atom. The van der Waals surface area contributed by atoms with Gasteiger partial charge in [0.05, 0.1) is 7.11 Å². The maximum atomic E-state index is 12.1. The Kier molecular flexibility index (Phi) is 7.66. The van der Waals surface area contributed by atoms with E-state index in [2.05, 4.69) is 10.4 Å². The number of rotatable bonds is 10. The Labute approximate surface area is 177 Å². The van der Waals surface area contributed by atoms with Gasteiger partial charge in [-0.05, 0) is 54.8 Å². The van der Waals surface area contributed by atoms with Crippen molar-refractivity contribution in [2.24, 2.45) is 0 Å². The molecule has 156 valence electrons. The molecule has 0 saturated heterocycles. The standard InChI is InChI=1S/C24H27N3O3/c1-19-7-3-4-8-22(19)30-18-21-17-20(9-11-23(21)29-2)10-12-24(28)25-13-5-15-27-16-6-14-26-27/h3-4,6-12,14,16-17H,5,13,15,18H2,1-2H3,(H,25,28)/b12-10+. The summed E-state index contributed by atoms with van der Waals surface area (Å²) in [6, 6.07) is 15.6. The number of carbonyl (C=O) groups excluding carboxylic acids is 1. The van der Waals surface area contributed by atoms with E-state index in [1.165, 1.54) is 0 Å². The Morgan fingerprint density at radius 2 is 2.03 bits per heavy atom. The number of aromatic nitrogens is 2. The smallest absolute Gasteiger partial charge is 0.244 e. The van der Waals surface area contributed by atoms with Crippen LogP contribution in [0.15, 0.2) is 67.0 Å². The van der Waals surface area contributed by atoms with Crippen LogP contribution in [0, 0.1) is 6.92 Å². The first kappa shape index (κ1) is 21.2. The van der Waals surface area contributed by atoms with Crippen molar-refractivity contribution in [1.82, 2.24) is 15.1 Å². The maximum absolute atomic E-state index is 12.1. The van der Waals surface area contributed by atoms with Crippen LogP contribution in [0.2, 0.25) is 0 Å². The fourth-order valence-corrected chi connectivity index (χ4v) is 3.01. The summed E-state index contributed by atoms with van der Waals surface area (Å²) >= 11 is 0. The van der Waals surface area contributed by atoms with E-state index in [9.17, 15) is 4.79 Å². The van der Waals surface area contributed by atoms with Crippen LogP contribution in [0.4, 0.5) is 0 Å². The van der Waals surface area contributed by atoms with E-state index < -0.39 is 0 Å². The van der Waals surface area contributed by atoms with Crippen molar-refractivity contribution < 1.29 is 14.3 Å². The third-order valence-electron chi connectivity index (χ3n) is 4.63. The molecule has 3 aromatic rings. The fourth-order valence-electron chi connectivity index (χ4n) is 3.01. The van der Waals surface area contributed by atoms with Gasteiger partial charge in [0.25, 0.3) is 0 Å². The molecule has 0 radical (unpaired) electrons. The molecule has 3 rings (SSSR count). The van der Waals surface area contributed by atoms with Gasteiger partial charge in [0, 0.05) is 37.1 Å². The summed E-state index contributed by atoms with van der Waals surface area (Å²) in [4.78, 5) is 12.1. The van der Waals surface area contributed by atoms with E-state index in [-0.39, 0.29) is 5.91 Å². The number of methoxy groups -OCH3 is 1. The highest BCUT2D eigenvalue weighted by Crippen LogP contribution is 2.24. The van der Waals surface area contributed by atoms with E-state index in [4.69, 9.17) is 9.47 Å². The number of aryl methyl sites for hydroxylation is 2. The van der Waals surface area contributed by atoms with Crippen LogP contribution in [0.25, 0.3) is 6.08 Å². The summed E-state index contributed by atoms with van der Waals surface area (Å²) < 4.78 is 13.2. The Hall–Kier alpha value is -3.54. The molecule has 6 heteroatoms. The number of para-hydroxylation sites is 1. The first-order valence-electron chi connectivity index (χ1n) is 9.94. The van der Waals surface area contributed by atoms with Gasteiger partial charge in [-0.25, -0.2) is 0 Å². The Bertz CT molecular complexity index is 981. The molecule has 0 atom stereocenters. The molecular weight excluding hydrogens is 378 g/mol. The normalized spacial score (nSPS) is 10.9. The van der Waals surface area contributed by atoms with Crippen molar-refractivity contribution in [1.29, 1.82) is 0 Å². The van der Waals surface area contributed by atoms with Gasteiger partial charge in [0.15, 0.2) is 0 Å². The largest absolute Gasteiger partial charge is 0.496 e. The van der Waals surface area contributed by atoms with Gasteiger partial charge in [-0.3, -0.25) is 9.48 Å². The Morgan fingerprint density at radius 3 is 2.80 bits per heavy atom. The van der Waals surface area contributed by atoms with E-state index in [1.54, 1.807) is 25.5 Å². The summed E-state index contributed by atoms with van der Waals surface area (Å²) in [7, 11) is 1.64. The molecule has 2 aromatic carbocycles. The van der Waals surface area contributed by atoms with Gasteiger partial charge in [-0.1, -0.05) is 24.3 Å². The molecule has 1 aromatic heterocycles. The van der Waals surface area contributed by atoms with E-state index in [0.29, 0.717) is 13.2 Å². The molecule has 1 N–H and O–H groups in total. The fraction of sp³-hybridized carbons (Fsp3) is 0.250. The van der Waals surface area contributed by atoms with E-state index in [1.807, 2.05) is 66.3 Å².